The van der Waals surface area contributed by atoms with Crippen molar-refractivity contribution in [2.24, 2.45) is 5.14 Å². The molecule has 19 heavy (non-hydrogen) atoms. The van der Waals surface area contributed by atoms with Crippen molar-refractivity contribution in [3.63, 3.8) is 0 Å². The van der Waals surface area contributed by atoms with Gasteiger partial charge in [-0.15, -0.1) is 0 Å². The predicted molar refractivity (Wildman–Crippen MR) is 73.1 cm³/mol. The molecule has 0 fully saturated rings. The molecule has 2 aromatic rings. The summed E-state index contributed by atoms with van der Waals surface area (Å²) in [6.45, 7) is 2.75. The van der Waals surface area contributed by atoms with Crippen molar-refractivity contribution in [1.82, 2.24) is 9.78 Å². The number of anilines is 1. The van der Waals surface area contributed by atoms with Gasteiger partial charge in [-0.3, -0.25) is 4.68 Å². The second-order valence-corrected chi connectivity index (χ2v) is 5.90. The van der Waals surface area contributed by atoms with Crippen LogP contribution in [0.3, 0.4) is 0 Å². The molecule has 0 aliphatic rings. The van der Waals surface area contributed by atoms with Gasteiger partial charge in [-0.1, -0.05) is 0 Å². The Hall–Kier alpha value is -1.86. The van der Waals surface area contributed by atoms with Crippen LogP contribution in [-0.2, 0) is 16.6 Å². The number of aromatic nitrogens is 2. The third kappa shape index (κ3) is 3.80. The average Bonchev–Trinajstić information content (AvgIpc) is 2.81. The third-order valence-corrected chi connectivity index (χ3v) is 3.55. The van der Waals surface area contributed by atoms with E-state index in [2.05, 4.69) is 10.4 Å². The van der Waals surface area contributed by atoms with Crippen molar-refractivity contribution in [3.05, 3.63) is 42.7 Å². The monoisotopic (exact) mass is 280 g/mol. The summed E-state index contributed by atoms with van der Waals surface area (Å²) in [5.74, 6) is 0. The van der Waals surface area contributed by atoms with Crippen LogP contribution in [0.2, 0.25) is 0 Å². The van der Waals surface area contributed by atoms with Crippen LogP contribution in [0.25, 0.3) is 0 Å². The summed E-state index contributed by atoms with van der Waals surface area (Å²) in [5, 5.41) is 12.4. The van der Waals surface area contributed by atoms with E-state index in [9.17, 15) is 8.42 Å². The van der Waals surface area contributed by atoms with Crippen LogP contribution in [-0.4, -0.2) is 24.2 Å². The third-order valence-electron chi connectivity index (χ3n) is 2.62. The fourth-order valence-electron chi connectivity index (χ4n) is 1.76. The van der Waals surface area contributed by atoms with E-state index in [0.717, 1.165) is 12.2 Å². The van der Waals surface area contributed by atoms with Crippen LogP contribution >= 0.6 is 0 Å². The SMILES string of the molecule is CC(Cn1cccn1)Nc1ccc(S(N)(=O)=O)cc1. The summed E-state index contributed by atoms with van der Waals surface area (Å²) < 4.78 is 24.1. The topological polar surface area (TPSA) is 90.0 Å². The minimum Gasteiger partial charge on any atom is -0.381 e. The van der Waals surface area contributed by atoms with Gasteiger partial charge >= 0.3 is 0 Å². The van der Waals surface area contributed by atoms with Crippen molar-refractivity contribution >= 4 is 15.7 Å². The van der Waals surface area contributed by atoms with Crippen molar-refractivity contribution < 1.29 is 8.42 Å². The first-order chi connectivity index (χ1) is 8.95. The molecule has 7 heteroatoms. The molecule has 0 aliphatic carbocycles. The molecule has 2 rings (SSSR count). The number of nitrogens with one attached hydrogen (secondary N) is 1. The minimum absolute atomic E-state index is 0.109. The maximum atomic E-state index is 11.1. The van der Waals surface area contributed by atoms with Crippen LogP contribution in [0, 0.1) is 0 Å². The Balaban J connectivity index is 1.99. The number of nitrogens with two attached hydrogens (primary N) is 1. The Morgan fingerprint density at radius 3 is 2.58 bits per heavy atom. The van der Waals surface area contributed by atoms with Gasteiger partial charge in [0.25, 0.3) is 0 Å². The smallest absolute Gasteiger partial charge is 0.238 e. The molecule has 0 saturated heterocycles. The summed E-state index contributed by atoms with van der Waals surface area (Å²) in [4.78, 5) is 0.109. The average molecular weight is 280 g/mol. The van der Waals surface area contributed by atoms with Gasteiger partial charge in [-0.25, -0.2) is 13.6 Å². The molecule has 1 aromatic carbocycles. The number of hydrogen-bond acceptors (Lipinski definition) is 4. The molecule has 102 valence electrons. The maximum Gasteiger partial charge on any atom is 0.238 e. The molecule has 6 nitrogen and oxygen atoms in total. The molecule has 0 radical (unpaired) electrons. The van der Waals surface area contributed by atoms with Gasteiger partial charge in [-0.2, -0.15) is 5.10 Å². The molecule has 0 saturated carbocycles. The lowest BCUT2D eigenvalue weighted by molar-refractivity contribution is 0.561. The second kappa shape index (κ2) is 5.41. The van der Waals surface area contributed by atoms with Crippen LogP contribution < -0.4 is 10.5 Å². The van der Waals surface area contributed by atoms with Crippen molar-refractivity contribution in [1.29, 1.82) is 0 Å². The molecule has 1 aromatic heterocycles. The van der Waals surface area contributed by atoms with Gasteiger partial charge in [0.15, 0.2) is 0 Å². The number of primary sulfonamides is 1. The Bertz CT molecular complexity index is 620. The number of rotatable bonds is 5. The largest absolute Gasteiger partial charge is 0.381 e. The van der Waals surface area contributed by atoms with Gasteiger partial charge < -0.3 is 5.32 Å². The van der Waals surface area contributed by atoms with E-state index in [0.29, 0.717) is 0 Å². The van der Waals surface area contributed by atoms with Gasteiger partial charge in [-0.05, 0) is 37.3 Å². The molecular weight excluding hydrogens is 264 g/mol. The van der Waals surface area contributed by atoms with E-state index in [4.69, 9.17) is 5.14 Å². The molecule has 1 heterocycles. The number of nitrogens with zero attached hydrogens (tertiary/aromatic N) is 2. The van der Waals surface area contributed by atoms with Crippen LogP contribution in [0.1, 0.15) is 6.92 Å². The lowest BCUT2D eigenvalue weighted by Gasteiger charge is -2.15. The molecule has 1 atom stereocenters. The van der Waals surface area contributed by atoms with E-state index in [1.807, 2.05) is 23.9 Å². The Morgan fingerprint density at radius 1 is 1.37 bits per heavy atom. The molecule has 3 N–H and O–H groups in total. The second-order valence-electron chi connectivity index (χ2n) is 4.34. The Morgan fingerprint density at radius 2 is 2.05 bits per heavy atom. The number of sulfonamides is 1. The summed E-state index contributed by atoms with van der Waals surface area (Å²) in [6, 6.07) is 8.39. The molecule has 0 aliphatic heterocycles. The first kappa shape index (κ1) is 13.6. The lowest BCUT2D eigenvalue weighted by Crippen LogP contribution is -2.22. The van der Waals surface area contributed by atoms with E-state index >= 15 is 0 Å². The molecule has 0 amide bonds. The van der Waals surface area contributed by atoms with E-state index in [1.165, 1.54) is 12.1 Å². The zero-order chi connectivity index (χ0) is 13.9. The zero-order valence-corrected chi connectivity index (χ0v) is 11.3. The first-order valence-electron chi connectivity index (χ1n) is 5.82. The minimum atomic E-state index is -3.63. The Labute approximate surface area is 112 Å². The van der Waals surface area contributed by atoms with E-state index in [1.54, 1.807) is 18.3 Å². The maximum absolute atomic E-state index is 11.1. The van der Waals surface area contributed by atoms with E-state index < -0.39 is 10.0 Å². The van der Waals surface area contributed by atoms with E-state index in [-0.39, 0.29) is 10.9 Å². The highest BCUT2D eigenvalue weighted by atomic mass is 32.2. The van der Waals surface area contributed by atoms with Gasteiger partial charge in [0.1, 0.15) is 0 Å². The standard InChI is InChI=1S/C12H16N4O2S/c1-10(9-16-8-2-7-14-16)15-11-3-5-12(6-4-11)19(13,17)18/h2-8,10,15H,9H2,1H3,(H2,13,17,18). The fourth-order valence-corrected chi connectivity index (χ4v) is 2.28. The summed E-state index contributed by atoms with van der Waals surface area (Å²) in [7, 11) is -3.63. The fraction of sp³-hybridized carbons (Fsp3) is 0.250. The summed E-state index contributed by atoms with van der Waals surface area (Å²) in [6.07, 6.45) is 3.62. The zero-order valence-electron chi connectivity index (χ0n) is 10.5. The van der Waals surface area contributed by atoms with Crippen molar-refractivity contribution in [3.8, 4) is 0 Å². The number of hydrogen-bond donors (Lipinski definition) is 2. The quantitative estimate of drug-likeness (QED) is 0.856. The van der Waals surface area contributed by atoms with Crippen molar-refractivity contribution in [2.45, 2.75) is 24.4 Å². The highest BCUT2D eigenvalue weighted by Crippen LogP contribution is 2.13. The highest BCUT2D eigenvalue weighted by Gasteiger charge is 2.08. The van der Waals surface area contributed by atoms with Crippen LogP contribution in [0.15, 0.2) is 47.6 Å². The highest BCUT2D eigenvalue weighted by molar-refractivity contribution is 7.89. The summed E-state index contributed by atoms with van der Waals surface area (Å²) >= 11 is 0. The molecular formula is C12H16N4O2S. The van der Waals surface area contributed by atoms with Gasteiger partial charge in [0, 0.05) is 24.1 Å². The lowest BCUT2D eigenvalue weighted by atomic mass is 10.2. The van der Waals surface area contributed by atoms with Gasteiger partial charge in [0.2, 0.25) is 10.0 Å². The first-order valence-corrected chi connectivity index (χ1v) is 7.36. The Kier molecular flexibility index (Phi) is 3.87. The van der Waals surface area contributed by atoms with Crippen LogP contribution in [0.5, 0.6) is 0 Å². The summed E-state index contributed by atoms with van der Waals surface area (Å²) in [5.41, 5.74) is 0.840. The molecule has 0 bridgehead atoms. The molecule has 1 unspecified atom stereocenters. The number of benzene rings is 1. The van der Waals surface area contributed by atoms with Crippen LogP contribution in [0.4, 0.5) is 5.69 Å². The van der Waals surface area contributed by atoms with Crippen molar-refractivity contribution in [2.75, 3.05) is 5.32 Å². The molecule has 0 spiro atoms. The predicted octanol–water partition coefficient (Wildman–Crippen LogP) is 1.03. The van der Waals surface area contributed by atoms with Gasteiger partial charge in [0.05, 0.1) is 11.4 Å². The normalized spacial score (nSPS) is 13.2.